The summed E-state index contributed by atoms with van der Waals surface area (Å²) in [6.45, 7) is 3.96. The molecule has 2 aromatic carbocycles. The van der Waals surface area contributed by atoms with E-state index in [1.54, 1.807) is 6.92 Å². The van der Waals surface area contributed by atoms with Crippen molar-refractivity contribution >= 4 is 5.78 Å². The van der Waals surface area contributed by atoms with E-state index in [0.717, 1.165) is 37.7 Å². The van der Waals surface area contributed by atoms with Crippen LogP contribution in [0.4, 0.5) is 0 Å². The molecule has 0 aliphatic rings. The Kier molecular flexibility index (Phi) is 7.48. The highest BCUT2D eigenvalue weighted by Gasteiger charge is 2.25. The molecule has 1 heteroatoms. The number of rotatable bonds is 8. The van der Waals surface area contributed by atoms with Gasteiger partial charge in [0.15, 0.2) is 0 Å². The third-order valence-corrected chi connectivity index (χ3v) is 4.62. The van der Waals surface area contributed by atoms with E-state index in [0.29, 0.717) is 6.42 Å². The van der Waals surface area contributed by atoms with Gasteiger partial charge in [-0.2, -0.15) is 0 Å². The van der Waals surface area contributed by atoms with E-state index in [9.17, 15) is 4.79 Å². The molecule has 0 radical (unpaired) electrons. The molecule has 0 amide bonds. The first kappa shape index (κ1) is 19.0. The van der Waals surface area contributed by atoms with Gasteiger partial charge in [0.25, 0.3) is 0 Å². The van der Waals surface area contributed by atoms with Gasteiger partial charge in [-0.3, -0.25) is 0 Å². The molecule has 1 nitrogen and oxygen atoms in total. The maximum absolute atomic E-state index is 11.7. The first-order valence-electron chi connectivity index (χ1n) is 9.15. The van der Waals surface area contributed by atoms with Gasteiger partial charge >= 0.3 is 0 Å². The highest BCUT2D eigenvalue weighted by Crippen LogP contribution is 2.34. The summed E-state index contributed by atoms with van der Waals surface area (Å²) in [7, 11) is 0. The summed E-state index contributed by atoms with van der Waals surface area (Å²) in [5.41, 5.74) is 2.48. The lowest BCUT2D eigenvalue weighted by molar-refractivity contribution is -0.119. The molecule has 0 saturated carbocycles. The van der Waals surface area contributed by atoms with Gasteiger partial charge in [0.05, 0.1) is 0 Å². The Morgan fingerprint density at radius 3 is 2.24 bits per heavy atom. The van der Waals surface area contributed by atoms with Crippen molar-refractivity contribution in [2.75, 3.05) is 0 Å². The van der Waals surface area contributed by atoms with Crippen molar-refractivity contribution in [2.24, 2.45) is 5.41 Å². The lowest BCUT2D eigenvalue weighted by Crippen LogP contribution is -2.21. The standard InChI is InChI=1S/C24H28O/c1-21(25)20-24(2,19-17-23-15-8-4-9-16-23)18-11-5-10-14-22-12-6-3-7-13-22/h3-4,6-9,12-13,15-16H,5,11,17-20H2,1-2H3/t24-/m0/s1. The van der Waals surface area contributed by atoms with E-state index in [2.05, 4.69) is 43.0 Å². The minimum atomic E-state index is 0.0656. The van der Waals surface area contributed by atoms with Crippen LogP contribution >= 0.6 is 0 Å². The molecule has 0 saturated heterocycles. The third kappa shape index (κ3) is 7.40. The molecule has 130 valence electrons. The molecule has 25 heavy (non-hydrogen) atoms. The van der Waals surface area contributed by atoms with Crippen LogP contribution in [0, 0.1) is 17.3 Å². The maximum Gasteiger partial charge on any atom is 0.130 e. The van der Waals surface area contributed by atoms with E-state index < -0.39 is 0 Å². The molecule has 0 aliphatic heterocycles. The molecule has 0 heterocycles. The molecule has 2 aromatic rings. The predicted octanol–water partition coefficient (Wildman–Crippen LogP) is 5.83. The van der Waals surface area contributed by atoms with Gasteiger partial charge in [-0.15, -0.1) is 0 Å². The molecule has 2 rings (SSSR count). The molecule has 0 N–H and O–H groups in total. The van der Waals surface area contributed by atoms with Crippen LogP contribution in [0.2, 0.25) is 0 Å². The Morgan fingerprint density at radius 2 is 1.60 bits per heavy atom. The van der Waals surface area contributed by atoms with Crippen molar-refractivity contribution < 1.29 is 4.79 Å². The number of Topliss-reactive ketones (excluding diaryl/α,β-unsaturated/α-hetero) is 1. The topological polar surface area (TPSA) is 17.1 Å². The number of carbonyl (C=O) groups is 1. The van der Waals surface area contributed by atoms with Crippen molar-refractivity contribution in [1.82, 2.24) is 0 Å². The zero-order valence-electron chi connectivity index (χ0n) is 15.4. The normalized spacial score (nSPS) is 12.7. The fourth-order valence-electron chi connectivity index (χ4n) is 3.28. The van der Waals surface area contributed by atoms with Crippen LogP contribution in [0.1, 0.15) is 57.1 Å². The average Bonchev–Trinajstić information content (AvgIpc) is 2.61. The van der Waals surface area contributed by atoms with E-state index in [1.165, 1.54) is 5.56 Å². The first-order chi connectivity index (χ1) is 12.1. The summed E-state index contributed by atoms with van der Waals surface area (Å²) >= 11 is 0. The summed E-state index contributed by atoms with van der Waals surface area (Å²) in [5, 5.41) is 0. The number of benzene rings is 2. The zero-order chi connectivity index (χ0) is 18.0. The number of aryl methyl sites for hydroxylation is 1. The number of ketones is 1. The highest BCUT2D eigenvalue weighted by atomic mass is 16.1. The molecule has 1 atom stereocenters. The van der Waals surface area contributed by atoms with Crippen LogP contribution in [0.3, 0.4) is 0 Å². The maximum atomic E-state index is 11.7. The van der Waals surface area contributed by atoms with Crippen molar-refractivity contribution in [1.29, 1.82) is 0 Å². The van der Waals surface area contributed by atoms with Crippen LogP contribution in [-0.2, 0) is 11.2 Å². The van der Waals surface area contributed by atoms with Crippen molar-refractivity contribution in [2.45, 2.75) is 52.4 Å². The monoisotopic (exact) mass is 332 g/mol. The molecule has 0 fully saturated rings. The SMILES string of the molecule is CC(=O)C[C@@](C)(CCCC#Cc1ccccc1)CCc1ccccc1. The van der Waals surface area contributed by atoms with E-state index >= 15 is 0 Å². The second-order valence-corrected chi connectivity index (χ2v) is 7.20. The van der Waals surface area contributed by atoms with Crippen LogP contribution in [-0.4, -0.2) is 5.78 Å². The van der Waals surface area contributed by atoms with Gasteiger partial charge < -0.3 is 4.79 Å². The predicted molar refractivity (Wildman–Crippen MR) is 105 cm³/mol. The van der Waals surface area contributed by atoms with Crippen LogP contribution in [0.5, 0.6) is 0 Å². The van der Waals surface area contributed by atoms with Crippen LogP contribution in [0.15, 0.2) is 60.7 Å². The first-order valence-corrected chi connectivity index (χ1v) is 9.15. The molecule has 0 bridgehead atoms. The Hall–Kier alpha value is -2.33. The summed E-state index contributed by atoms with van der Waals surface area (Å²) in [6, 6.07) is 20.6. The number of carbonyl (C=O) groups excluding carboxylic acids is 1. The summed E-state index contributed by atoms with van der Waals surface area (Å²) in [4.78, 5) is 11.7. The van der Waals surface area contributed by atoms with Crippen molar-refractivity contribution in [3.63, 3.8) is 0 Å². The van der Waals surface area contributed by atoms with Gasteiger partial charge in [-0.25, -0.2) is 0 Å². The van der Waals surface area contributed by atoms with Crippen molar-refractivity contribution in [3.8, 4) is 11.8 Å². The molecular formula is C24H28O. The van der Waals surface area contributed by atoms with Crippen LogP contribution in [0.25, 0.3) is 0 Å². The van der Waals surface area contributed by atoms with Gasteiger partial charge in [-0.05, 0) is 55.7 Å². The van der Waals surface area contributed by atoms with Gasteiger partial charge in [-0.1, -0.05) is 67.3 Å². The van der Waals surface area contributed by atoms with E-state index in [1.807, 2.05) is 36.4 Å². The Balaban J connectivity index is 1.86. The Morgan fingerprint density at radius 1 is 0.960 bits per heavy atom. The molecule has 0 aromatic heterocycles. The lowest BCUT2D eigenvalue weighted by atomic mass is 9.76. The highest BCUT2D eigenvalue weighted by molar-refractivity contribution is 5.76. The number of hydrogen-bond acceptors (Lipinski definition) is 1. The number of unbranched alkanes of at least 4 members (excludes halogenated alkanes) is 1. The zero-order valence-corrected chi connectivity index (χ0v) is 15.4. The Labute approximate surface area is 152 Å². The fraction of sp³-hybridized carbons (Fsp3) is 0.375. The van der Waals surface area contributed by atoms with Gasteiger partial charge in [0, 0.05) is 18.4 Å². The summed E-state index contributed by atoms with van der Waals surface area (Å²) in [5.74, 6) is 6.76. The van der Waals surface area contributed by atoms with E-state index in [-0.39, 0.29) is 11.2 Å². The second-order valence-electron chi connectivity index (χ2n) is 7.20. The largest absolute Gasteiger partial charge is 0.300 e. The quantitative estimate of drug-likeness (QED) is 0.439. The molecule has 0 aliphatic carbocycles. The molecular weight excluding hydrogens is 304 g/mol. The summed E-state index contributed by atoms with van der Waals surface area (Å²) < 4.78 is 0. The minimum Gasteiger partial charge on any atom is -0.300 e. The van der Waals surface area contributed by atoms with E-state index in [4.69, 9.17) is 0 Å². The Bertz CT molecular complexity index is 706. The lowest BCUT2D eigenvalue weighted by Gasteiger charge is -2.28. The van der Waals surface area contributed by atoms with Gasteiger partial charge in [0.1, 0.15) is 5.78 Å². The summed E-state index contributed by atoms with van der Waals surface area (Å²) in [6.07, 6.45) is 5.70. The van der Waals surface area contributed by atoms with Crippen LogP contribution < -0.4 is 0 Å². The third-order valence-electron chi connectivity index (χ3n) is 4.62. The average molecular weight is 332 g/mol. The fourth-order valence-corrected chi connectivity index (χ4v) is 3.28. The second kappa shape index (κ2) is 9.84. The van der Waals surface area contributed by atoms with Gasteiger partial charge in [0.2, 0.25) is 0 Å². The number of hydrogen-bond donors (Lipinski definition) is 0. The minimum absolute atomic E-state index is 0.0656. The molecule has 0 spiro atoms. The van der Waals surface area contributed by atoms with Crippen molar-refractivity contribution in [3.05, 3.63) is 71.8 Å². The smallest absolute Gasteiger partial charge is 0.130 e. The molecule has 0 unspecified atom stereocenters.